The first kappa shape index (κ1) is 17.0. The fraction of sp³-hybridized carbons (Fsp3) is 0.400. The monoisotopic (exact) mass is 299 g/mol. The molecule has 0 radical (unpaired) electrons. The summed E-state index contributed by atoms with van der Waals surface area (Å²) in [4.78, 5) is 15.4. The van der Waals surface area contributed by atoms with Crippen molar-refractivity contribution in [3.63, 3.8) is 0 Å². The van der Waals surface area contributed by atoms with Crippen LogP contribution >= 0.6 is 24.8 Å². The highest BCUT2D eigenvalue weighted by Gasteiger charge is 2.42. The Morgan fingerprint density at radius 2 is 2.17 bits per heavy atom. The number of amides is 1. The second-order valence-corrected chi connectivity index (χ2v) is 3.70. The van der Waals surface area contributed by atoms with E-state index in [9.17, 15) is 13.6 Å². The van der Waals surface area contributed by atoms with Gasteiger partial charge in [0, 0.05) is 12.6 Å². The Morgan fingerprint density at radius 3 is 2.67 bits per heavy atom. The zero-order valence-corrected chi connectivity index (χ0v) is 10.9. The summed E-state index contributed by atoms with van der Waals surface area (Å²) in [6, 6.07) is 4.17. The summed E-state index contributed by atoms with van der Waals surface area (Å²) in [5, 5.41) is 4.95. The van der Waals surface area contributed by atoms with Gasteiger partial charge in [-0.15, -0.1) is 24.8 Å². The summed E-state index contributed by atoms with van der Waals surface area (Å²) in [5.74, 6) is -2.91. The maximum atomic E-state index is 12.8. The largest absolute Gasteiger partial charge is 0.309 e. The van der Waals surface area contributed by atoms with Gasteiger partial charge in [-0.2, -0.15) is 0 Å². The molecular formula is C10H13Cl2F2N3O. The molecule has 1 aliphatic heterocycles. The molecule has 102 valence electrons. The number of halogens is 4. The van der Waals surface area contributed by atoms with E-state index in [4.69, 9.17) is 0 Å². The van der Waals surface area contributed by atoms with Gasteiger partial charge in [-0.3, -0.25) is 10.1 Å². The molecule has 1 fully saturated rings. The number of pyridine rings is 1. The number of rotatable bonds is 2. The minimum absolute atomic E-state index is 0. The van der Waals surface area contributed by atoms with E-state index in [1.54, 1.807) is 18.2 Å². The van der Waals surface area contributed by atoms with E-state index in [0.717, 1.165) is 0 Å². The highest BCUT2D eigenvalue weighted by molar-refractivity contribution is 5.94. The number of aromatic nitrogens is 1. The lowest BCUT2D eigenvalue weighted by Crippen LogP contribution is -2.35. The molecule has 8 heteroatoms. The van der Waals surface area contributed by atoms with E-state index in [1.807, 2.05) is 0 Å². The van der Waals surface area contributed by atoms with Gasteiger partial charge in [-0.25, -0.2) is 13.8 Å². The SMILES string of the molecule is Cl.Cl.O=C(Nc1ccccn1)C1CC(F)(F)CN1. The van der Waals surface area contributed by atoms with Gasteiger partial charge in [-0.1, -0.05) is 6.07 Å². The van der Waals surface area contributed by atoms with Crippen molar-refractivity contribution in [1.29, 1.82) is 0 Å². The molecule has 0 aliphatic carbocycles. The molecule has 1 atom stereocenters. The van der Waals surface area contributed by atoms with Crippen molar-refractivity contribution in [2.75, 3.05) is 11.9 Å². The van der Waals surface area contributed by atoms with Crippen LogP contribution in [0.25, 0.3) is 0 Å². The fourth-order valence-electron chi connectivity index (χ4n) is 1.55. The Kier molecular flexibility index (Phi) is 6.45. The second-order valence-electron chi connectivity index (χ2n) is 3.70. The standard InChI is InChI=1S/C10H11F2N3O.2ClH/c11-10(12)5-7(14-6-10)9(16)15-8-3-1-2-4-13-8;;/h1-4,7,14H,5-6H2,(H,13,15,16);2*1H. The summed E-state index contributed by atoms with van der Waals surface area (Å²) >= 11 is 0. The van der Waals surface area contributed by atoms with E-state index in [2.05, 4.69) is 15.6 Å². The third-order valence-corrected chi connectivity index (χ3v) is 2.34. The maximum absolute atomic E-state index is 12.8. The van der Waals surface area contributed by atoms with Crippen LogP contribution in [0.1, 0.15) is 6.42 Å². The molecule has 2 rings (SSSR count). The number of carbonyl (C=O) groups excluding carboxylic acids is 1. The predicted octanol–water partition coefficient (Wildman–Crippen LogP) is 1.86. The van der Waals surface area contributed by atoms with Gasteiger partial charge in [0.15, 0.2) is 0 Å². The Morgan fingerprint density at radius 1 is 1.44 bits per heavy atom. The molecule has 1 aromatic rings. The van der Waals surface area contributed by atoms with Crippen molar-refractivity contribution in [3.8, 4) is 0 Å². The Labute approximate surface area is 115 Å². The van der Waals surface area contributed by atoms with Gasteiger partial charge in [0.2, 0.25) is 5.91 Å². The van der Waals surface area contributed by atoms with Gasteiger partial charge in [-0.05, 0) is 12.1 Å². The normalized spacial score (nSPS) is 20.4. The lowest BCUT2D eigenvalue weighted by Gasteiger charge is -2.10. The van der Waals surface area contributed by atoms with Crippen molar-refractivity contribution >= 4 is 36.5 Å². The summed E-state index contributed by atoms with van der Waals surface area (Å²) in [7, 11) is 0. The van der Waals surface area contributed by atoms with E-state index >= 15 is 0 Å². The molecule has 1 aliphatic rings. The molecule has 4 nitrogen and oxygen atoms in total. The van der Waals surface area contributed by atoms with Crippen LogP contribution in [0.2, 0.25) is 0 Å². The number of alkyl halides is 2. The van der Waals surface area contributed by atoms with Gasteiger partial charge < -0.3 is 5.32 Å². The van der Waals surface area contributed by atoms with Gasteiger partial charge >= 0.3 is 0 Å². The van der Waals surface area contributed by atoms with Gasteiger partial charge in [0.25, 0.3) is 5.92 Å². The molecule has 0 aromatic carbocycles. The first-order chi connectivity index (χ1) is 7.57. The average molecular weight is 300 g/mol. The molecule has 0 bridgehead atoms. The lowest BCUT2D eigenvalue weighted by molar-refractivity contribution is -0.118. The van der Waals surface area contributed by atoms with Gasteiger partial charge in [0.1, 0.15) is 5.82 Å². The zero-order chi connectivity index (χ0) is 11.6. The molecule has 2 heterocycles. The smallest absolute Gasteiger partial charge is 0.262 e. The summed E-state index contributed by atoms with van der Waals surface area (Å²) in [6.45, 7) is -0.451. The third-order valence-electron chi connectivity index (χ3n) is 2.34. The molecule has 1 amide bonds. The van der Waals surface area contributed by atoms with E-state index in [-0.39, 0.29) is 24.8 Å². The Bertz CT molecular complexity index is 392. The highest BCUT2D eigenvalue weighted by Crippen LogP contribution is 2.25. The quantitative estimate of drug-likeness (QED) is 0.876. The zero-order valence-electron chi connectivity index (χ0n) is 9.23. The molecule has 0 saturated carbocycles. The Balaban J connectivity index is 0.00000144. The molecule has 18 heavy (non-hydrogen) atoms. The first-order valence-corrected chi connectivity index (χ1v) is 4.90. The summed E-state index contributed by atoms with van der Waals surface area (Å²) < 4.78 is 25.7. The van der Waals surface area contributed by atoms with Crippen LogP contribution < -0.4 is 10.6 Å². The second kappa shape index (κ2) is 6.82. The van der Waals surface area contributed by atoms with Crippen molar-refractivity contribution in [2.45, 2.75) is 18.4 Å². The van der Waals surface area contributed by atoms with Crippen molar-refractivity contribution in [3.05, 3.63) is 24.4 Å². The van der Waals surface area contributed by atoms with Crippen LogP contribution in [0.15, 0.2) is 24.4 Å². The topological polar surface area (TPSA) is 54.0 Å². The highest BCUT2D eigenvalue weighted by atomic mass is 35.5. The minimum atomic E-state index is -2.80. The van der Waals surface area contributed by atoms with E-state index in [0.29, 0.717) is 5.82 Å². The minimum Gasteiger partial charge on any atom is -0.309 e. The molecule has 1 saturated heterocycles. The van der Waals surface area contributed by atoms with Crippen LogP contribution in [0.5, 0.6) is 0 Å². The third kappa shape index (κ3) is 4.36. The number of carbonyl (C=O) groups is 1. The van der Waals surface area contributed by atoms with Crippen LogP contribution in [0.3, 0.4) is 0 Å². The predicted molar refractivity (Wildman–Crippen MR) is 68.7 cm³/mol. The maximum Gasteiger partial charge on any atom is 0.262 e. The lowest BCUT2D eigenvalue weighted by atomic mass is 10.2. The summed E-state index contributed by atoms with van der Waals surface area (Å²) in [6.07, 6.45) is 1.05. The number of hydrogen-bond acceptors (Lipinski definition) is 3. The first-order valence-electron chi connectivity index (χ1n) is 4.90. The van der Waals surface area contributed by atoms with Gasteiger partial charge in [0.05, 0.1) is 12.6 Å². The van der Waals surface area contributed by atoms with Crippen molar-refractivity contribution < 1.29 is 13.6 Å². The van der Waals surface area contributed by atoms with Crippen LogP contribution in [0.4, 0.5) is 14.6 Å². The molecule has 1 aromatic heterocycles. The van der Waals surface area contributed by atoms with E-state index in [1.165, 1.54) is 6.20 Å². The van der Waals surface area contributed by atoms with Crippen LogP contribution in [-0.2, 0) is 4.79 Å². The molecule has 1 unspecified atom stereocenters. The number of nitrogens with one attached hydrogen (secondary N) is 2. The number of anilines is 1. The molecular weight excluding hydrogens is 287 g/mol. The van der Waals surface area contributed by atoms with Crippen LogP contribution in [0, 0.1) is 0 Å². The Hall–Kier alpha value is -0.980. The van der Waals surface area contributed by atoms with Crippen LogP contribution in [-0.4, -0.2) is 29.4 Å². The number of hydrogen-bond donors (Lipinski definition) is 2. The molecule has 2 N–H and O–H groups in total. The fourth-order valence-corrected chi connectivity index (χ4v) is 1.55. The molecule has 0 spiro atoms. The number of nitrogens with zero attached hydrogens (tertiary/aromatic N) is 1. The van der Waals surface area contributed by atoms with Crippen molar-refractivity contribution in [1.82, 2.24) is 10.3 Å². The van der Waals surface area contributed by atoms with Crippen molar-refractivity contribution in [2.24, 2.45) is 0 Å². The summed E-state index contributed by atoms with van der Waals surface area (Å²) in [5.41, 5.74) is 0. The van der Waals surface area contributed by atoms with E-state index < -0.39 is 30.8 Å². The average Bonchev–Trinajstić information content (AvgIpc) is 2.60.